The molecule has 0 bridgehead atoms. The Labute approximate surface area is 117 Å². The summed E-state index contributed by atoms with van der Waals surface area (Å²) in [7, 11) is 0. The van der Waals surface area contributed by atoms with Crippen molar-refractivity contribution in [2.45, 2.75) is 72.3 Å². The number of isocyanates is 1. The minimum Gasteiger partial charge on any atom is -0.211 e. The molecule has 0 N–H and O–H groups in total. The Bertz CT molecular complexity index is 425. The van der Waals surface area contributed by atoms with Gasteiger partial charge in [-0.1, -0.05) is 30.2 Å². The van der Waals surface area contributed by atoms with E-state index >= 15 is 0 Å². The fourth-order valence-corrected chi connectivity index (χ4v) is 2.80. The molecule has 1 rings (SSSR count). The second-order valence-corrected chi connectivity index (χ2v) is 6.61. The standard InChI is InChI=1S/C17H27NO/c1-14(2)7-6-10-17(5,18-13-19)16(4)11-8-15(3)9-12-16/h7-8H,6,9-12H2,1-5H3. The number of hydrogen-bond acceptors (Lipinski definition) is 2. The van der Waals surface area contributed by atoms with Crippen molar-refractivity contribution in [3.63, 3.8) is 0 Å². The van der Waals surface area contributed by atoms with Crippen molar-refractivity contribution in [3.8, 4) is 0 Å². The molecule has 0 spiro atoms. The summed E-state index contributed by atoms with van der Waals surface area (Å²) in [6.45, 7) is 10.8. The average Bonchev–Trinajstić information content (AvgIpc) is 2.33. The zero-order valence-corrected chi connectivity index (χ0v) is 13.0. The predicted molar refractivity (Wildman–Crippen MR) is 80.9 cm³/mol. The molecular weight excluding hydrogens is 234 g/mol. The zero-order chi connectivity index (χ0) is 14.5. The van der Waals surface area contributed by atoms with E-state index in [9.17, 15) is 4.79 Å². The lowest BCUT2D eigenvalue weighted by Crippen LogP contribution is -2.43. The van der Waals surface area contributed by atoms with Gasteiger partial charge in [0.2, 0.25) is 6.08 Å². The molecule has 2 atom stereocenters. The van der Waals surface area contributed by atoms with Crippen LogP contribution >= 0.6 is 0 Å². The number of aliphatic imine (C=N–C) groups is 1. The highest BCUT2D eigenvalue weighted by molar-refractivity contribution is 5.36. The minimum absolute atomic E-state index is 0.0689. The highest BCUT2D eigenvalue weighted by atomic mass is 16.1. The third kappa shape index (κ3) is 3.91. The van der Waals surface area contributed by atoms with Crippen molar-refractivity contribution in [1.82, 2.24) is 0 Å². The van der Waals surface area contributed by atoms with Crippen molar-refractivity contribution >= 4 is 6.08 Å². The molecule has 0 amide bonds. The summed E-state index contributed by atoms with van der Waals surface area (Å²) < 4.78 is 0. The molecular formula is C17H27NO. The Hall–Kier alpha value is -1.14. The highest BCUT2D eigenvalue weighted by Crippen LogP contribution is 2.47. The molecule has 19 heavy (non-hydrogen) atoms. The first-order valence-electron chi connectivity index (χ1n) is 7.21. The predicted octanol–water partition coefficient (Wildman–Crippen LogP) is 4.96. The fourth-order valence-electron chi connectivity index (χ4n) is 2.80. The second kappa shape index (κ2) is 6.34. The van der Waals surface area contributed by atoms with Crippen LogP contribution in [0, 0.1) is 5.41 Å². The normalized spacial score (nSPS) is 25.8. The Morgan fingerprint density at radius 3 is 2.74 bits per heavy atom. The third-order valence-electron chi connectivity index (χ3n) is 4.75. The van der Waals surface area contributed by atoms with Gasteiger partial charge in [-0.2, -0.15) is 4.99 Å². The van der Waals surface area contributed by atoms with Crippen molar-refractivity contribution in [3.05, 3.63) is 23.3 Å². The van der Waals surface area contributed by atoms with E-state index in [1.54, 1.807) is 0 Å². The van der Waals surface area contributed by atoms with E-state index in [0.717, 1.165) is 32.1 Å². The second-order valence-electron chi connectivity index (χ2n) is 6.61. The van der Waals surface area contributed by atoms with Gasteiger partial charge in [-0.05, 0) is 65.2 Å². The molecule has 0 fully saturated rings. The molecule has 0 aromatic carbocycles. The molecule has 2 unspecified atom stereocenters. The van der Waals surface area contributed by atoms with Crippen LogP contribution in [0.5, 0.6) is 0 Å². The van der Waals surface area contributed by atoms with Crippen LogP contribution in [0.2, 0.25) is 0 Å². The van der Waals surface area contributed by atoms with Gasteiger partial charge >= 0.3 is 0 Å². The van der Waals surface area contributed by atoms with Crippen LogP contribution in [-0.4, -0.2) is 11.6 Å². The van der Waals surface area contributed by atoms with E-state index in [1.165, 1.54) is 11.1 Å². The monoisotopic (exact) mass is 261 g/mol. The lowest BCUT2D eigenvalue weighted by Gasteiger charge is -2.45. The van der Waals surface area contributed by atoms with Gasteiger partial charge in [0.15, 0.2) is 0 Å². The summed E-state index contributed by atoms with van der Waals surface area (Å²) in [5.74, 6) is 0. The van der Waals surface area contributed by atoms with Gasteiger partial charge in [0, 0.05) is 0 Å². The first kappa shape index (κ1) is 15.9. The lowest BCUT2D eigenvalue weighted by molar-refractivity contribution is 0.132. The molecule has 0 aromatic rings. The smallest absolute Gasteiger partial charge is 0.211 e. The van der Waals surface area contributed by atoms with Crippen molar-refractivity contribution in [2.24, 2.45) is 10.4 Å². The first-order valence-corrected chi connectivity index (χ1v) is 7.21. The molecule has 0 aromatic heterocycles. The van der Waals surface area contributed by atoms with E-state index in [4.69, 9.17) is 0 Å². The van der Waals surface area contributed by atoms with Crippen molar-refractivity contribution < 1.29 is 4.79 Å². The molecule has 1 aliphatic rings. The molecule has 106 valence electrons. The van der Waals surface area contributed by atoms with E-state index in [1.807, 2.05) is 6.08 Å². The van der Waals surface area contributed by atoms with Crippen LogP contribution in [0.3, 0.4) is 0 Å². The molecule has 0 heterocycles. The SMILES string of the molecule is CC(C)=CCCC(C)(N=C=O)C1(C)CC=C(C)CC1. The summed E-state index contributed by atoms with van der Waals surface area (Å²) in [6, 6.07) is 0. The van der Waals surface area contributed by atoms with Crippen molar-refractivity contribution in [1.29, 1.82) is 0 Å². The average molecular weight is 261 g/mol. The Kier molecular flexibility index (Phi) is 5.31. The van der Waals surface area contributed by atoms with Gasteiger partial charge in [0.1, 0.15) is 0 Å². The van der Waals surface area contributed by atoms with Crippen molar-refractivity contribution in [2.75, 3.05) is 0 Å². The number of hydrogen-bond donors (Lipinski definition) is 0. The van der Waals surface area contributed by atoms with Gasteiger partial charge in [-0.15, -0.1) is 0 Å². The molecule has 2 nitrogen and oxygen atoms in total. The van der Waals surface area contributed by atoms with Gasteiger partial charge in [-0.25, -0.2) is 4.79 Å². The summed E-state index contributed by atoms with van der Waals surface area (Å²) in [4.78, 5) is 15.1. The van der Waals surface area contributed by atoms with Gasteiger partial charge in [0.05, 0.1) is 5.54 Å². The first-order chi connectivity index (χ1) is 8.83. The molecule has 0 saturated carbocycles. The summed E-state index contributed by atoms with van der Waals surface area (Å²) in [6.07, 6.45) is 11.5. The van der Waals surface area contributed by atoms with E-state index in [0.29, 0.717) is 0 Å². The third-order valence-corrected chi connectivity index (χ3v) is 4.75. The van der Waals surface area contributed by atoms with Crippen LogP contribution in [-0.2, 0) is 4.79 Å². The molecule has 2 heteroatoms. The maximum Gasteiger partial charge on any atom is 0.235 e. The van der Waals surface area contributed by atoms with Crippen LogP contribution in [0.4, 0.5) is 0 Å². The van der Waals surface area contributed by atoms with Gasteiger partial charge in [0.25, 0.3) is 0 Å². The highest BCUT2D eigenvalue weighted by Gasteiger charge is 2.44. The van der Waals surface area contributed by atoms with E-state index in [2.05, 4.69) is 51.8 Å². The quantitative estimate of drug-likeness (QED) is 0.390. The maximum absolute atomic E-state index is 10.8. The molecule has 1 aliphatic carbocycles. The van der Waals surface area contributed by atoms with E-state index in [-0.39, 0.29) is 11.0 Å². The summed E-state index contributed by atoms with van der Waals surface area (Å²) in [5.41, 5.74) is 2.54. The number of allylic oxidation sites excluding steroid dienone is 4. The summed E-state index contributed by atoms with van der Waals surface area (Å²) in [5, 5.41) is 0. The minimum atomic E-state index is -0.308. The number of carbonyl (C=O) groups excluding carboxylic acids is 1. The molecule has 0 radical (unpaired) electrons. The van der Waals surface area contributed by atoms with Crippen LogP contribution < -0.4 is 0 Å². The topological polar surface area (TPSA) is 29.4 Å². The van der Waals surface area contributed by atoms with Crippen LogP contribution in [0.25, 0.3) is 0 Å². The molecule has 0 aliphatic heterocycles. The Morgan fingerprint density at radius 1 is 1.58 bits per heavy atom. The lowest BCUT2D eigenvalue weighted by atomic mass is 9.63. The Balaban J connectivity index is 2.92. The maximum atomic E-state index is 10.8. The fraction of sp³-hybridized carbons (Fsp3) is 0.706. The summed E-state index contributed by atoms with van der Waals surface area (Å²) >= 11 is 0. The number of rotatable bonds is 5. The zero-order valence-electron chi connectivity index (χ0n) is 13.0. The van der Waals surface area contributed by atoms with Gasteiger partial charge < -0.3 is 0 Å². The largest absolute Gasteiger partial charge is 0.235 e. The van der Waals surface area contributed by atoms with Crippen LogP contribution in [0.1, 0.15) is 66.7 Å². The Morgan fingerprint density at radius 2 is 2.26 bits per heavy atom. The molecule has 0 saturated heterocycles. The van der Waals surface area contributed by atoms with Gasteiger partial charge in [-0.3, -0.25) is 0 Å². The number of nitrogens with zero attached hydrogens (tertiary/aromatic N) is 1. The van der Waals surface area contributed by atoms with E-state index < -0.39 is 0 Å². The van der Waals surface area contributed by atoms with Crippen LogP contribution in [0.15, 0.2) is 28.3 Å².